The van der Waals surface area contributed by atoms with Crippen LogP contribution in [0.5, 0.6) is 11.6 Å². The summed E-state index contributed by atoms with van der Waals surface area (Å²) in [5.74, 6) is 1.51. The minimum atomic E-state index is -0.0965. The van der Waals surface area contributed by atoms with Gasteiger partial charge in [0.1, 0.15) is 11.4 Å². The fraction of sp³-hybridized carbons (Fsp3) is 0.353. The van der Waals surface area contributed by atoms with Crippen LogP contribution in [0.15, 0.2) is 36.7 Å². The molecule has 1 aromatic carbocycles. The molecule has 3 rings (SSSR count). The van der Waals surface area contributed by atoms with Crippen LogP contribution in [0.25, 0.3) is 0 Å². The first-order chi connectivity index (χ1) is 11.2. The van der Waals surface area contributed by atoms with Crippen molar-refractivity contribution in [2.45, 2.75) is 25.7 Å². The van der Waals surface area contributed by atoms with Crippen LogP contribution in [-0.4, -0.2) is 29.0 Å². The Morgan fingerprint density at radius 1 is 1.17 bits per heavy atom. The maximum Gasteiger partial charge on any atom is 0.241 e. The summed E-state index contributed by atoms with van der Waals surface area (Å²) >= 11 is 0. The third kappa shape index (κ3) is 4.04. The average molecular weight is 312 g/mol. The Hall–Kier alpha value is -2.47. The Morgan fingerprint density at radius 2 is 1.87 bits per heavy atom. The van der Waals surface area contributed by atoms with Gasteiger partial charge in [-0.25, -0.2) is 4.98 Å². The minimum Gasteiger partial charge on any atom is -0.437 e. The first kappa shape index (κ1) is 15.4. The van der Waals surface area contributed by atoms with Crippen molar-refractivity contribution in [2.24, 2.45) is 0 Å². The highest BCUT2D eigenvalue weighted by Gasteiger charge is 2.21. The van der Waals surface area contributed by atoms with Gasteiger partial charge in [-0.15, -0.1) is 0 Å². The fourth-order valence-electron chi connectivity index (χ4n) is 2.71. The highest BCUT2D eigenvalue weighted by Crippen LogP contribution is 2.32. The Balaban J connectivity index is 1.76. The second kappa shape index (κ2) is 7.19. The predicted molar refractivity (Wildman–Crippen MR) is 87.7 cm³/mol. The van der Waals surface area contributed by atoms with Crippen LogP contribution in [0, 0.1) is 0 Å². The lowest BCUT2D eigenvalue weighted by Gasteiger charge is -2.23. The number of nitrogens with one attached hydrogen (secondary N) is 2. The molecule has 1 amide bonds. The van der Waals surface area contributed by atoms with E-state index in [4.69, 9.17) is 4.74 Å². The van der Waals surface area contributed by atoms with Crippen LogP contribution in [0.2, 0.25) is 0 Å². The number of aromatic nitrogens is 2. The van der Waals surface area contributed by atoms with Crippen LogP contribution < -0.4 is 15.4 Å². The standard InChI is InChI=1S/C17H20N4O2/c1-12(22)21-14-2-4-15(5-3-14)23-17-16(19-10-11-20-17)13-6-8-18-9-7-13/h2-5,10-11,13,18H,6-9H2,1H3,(H,21,22). The normalized spacial score (nSPS) is 15.2. The summed E-state index contributed by atoms with van der Waals surface area (Å²) in [6, 6.07) is 7.23. The van der Waals surface area contributed by atoms with E-state index in [0.717, 1.165) is 37.3 Å². The average Bonchev–Trinajstić information content (AvgIpc) is 2.57. The lowest BCUT2D eigenvalue weighted by atomic mass is 9.94. The molecule has 0 saturated carbocycles. The molecule has 6 heteroatoms. The van der Waals surface area contributed by atoms with Crippen molar-refractivity contribution in [3.05, 3.63) is 42.4 Å². The van der Waals surface area contributed by atoms with Crippen LogP contribution in [0.4, 0.5) is 5.69 Å². The number of nitrogens with zero attached hydrogens (tertiary/aromatic N) is 2. The summed E-state index contributed by atoms with van der Waals surface area (Å²) in [5, 5.41) is 6.08. The van der Waals surface area contributed by atoms with Gasteiger partial charge in [0.2, 0.25) is 11.8 Å². The second-order valence-electron chi connectivity index (χ2n) is 5.58. The van der Waals surface area contributed by atoms with E-state index in [9.17, 15) is 4.79 Å². The van der Waals surface area contributed by atoms with E-state index in [-0.39, 0.29) is 5.91 Å². The second-order valence-corrected chi connectivity index (χ2v) is 5.58. The van der Waals surface area contributed by atoms with Gasteiger partial charge in [0, 0.05) is 30.9 Å². The number of carbonyl (C=O) groups is 1. The van der Waals surface area contributed by atoms with Gasteiger partial charge in [0.25, 0.3) is 0 Å². The van der Waals surface area contributed by atoms with Crippen molar-refractivity contribution in [1.29, 1.82) is 0 Å². The maximum absolute atomic E-state index is 11.0. The highest BCUT2D eigenvalue weighted by molar-refractivity contribution is 5.88. The topological polar surface area (TPSA) is 76.1 Å². The first-order valence-electron chi connectivity index (χ1n) is 7.79. The number of piperidine rings is 1. The number of hydrogen-bond acceptors (Lipinski definition) is 5. The Morgan fingerprint density at radius 3 is 2.57 bits per heavy atom. The summed E-state index contributed by atoms with van der Waals surface area (Å²) in [5.41, 5.74) is 1.66. The lowest BCUT2D eigenvalue weighted by Crippen LogP contribution is -2.27. The third-order valence-electron chi connectivity index (χ3n) is 3.81. The van der Waals surface area contributed by atoms with Gasteiger partial charge in [-0.2, -0.15) is 0 Å². The molecule has 1 aromatic heterocycles. The number of hydrogen-bond donors (Lipinski definition) is 2. The minimum absolute atomic E-state index is 0.0965. The first-order valence-corrected chi connectivity index (χ1v) is 7.79. The molecule has 1 saturated heterocycles. The number of rotatable bonds is 4. The number of carbonyl (C=O) groups excluding carboxylic acids is 1. The lowest BCUT2D eigenvalue weighted by molar-refractivity contribution is -0.114. The molecule has 1 fully saturated rings. The number of anilines is 1. The smallest absolute Gasteiger partial charge is 0.241 e. The summed E-state index contributed by atoms with van der Waals surface area (Å²) in [6.07, 6.45) is 5.43. The number of ether oxygens (including phenoxy) is 1. The monoisotopic (exact) mass is 312 g/mol. The van der Waals surface area contributed by atoms with Crippen molar-refractivity contribution in [3.8, 4) is 11.6 Å². The van der Waals surface area contributed by atoms with Crippen molar-refractivity contribution < 1.29 is 9.53 Å². The van der Waals surface area contributed by atoms with E-state index in [1.807, 2.05) is 12.1 Å². The van der Waals surface area contributed by atoms with Gasteiger partial charge < -0.3 is 15.4 Å². The van der Waals surface area contributed by atoms with Crippen LogP contribution >= 0.6 is 0 Å². The summed E-state index contributed by atoms with van der Waals surface area (Å²) in [6.45, 7) is 3.47. The molecule has 6 nitrogen and oxygen atoms in total. The van der Waals surface area contributed by atoms with E-state index in [1.165, 1.54) is 6.92 Å². The zero-order chi connectivity index (χ0) is 16.1. The third-order valence-corrected chi connectivity index (χ3v) is 3.81. The largest absolute Gasteiger partial charge is 0.437 e. The van der Waals surface area contributed by atoms with Gasteiger partial charge in [-0.05, 0) is 50.2 Å². The van der Waals surface area contributed by atoms with Gasteiger partial charge in [-0.3, -0.25) is 9.78 Å². The molecule has 0 radical (unpaired) electrons. The summed E-state index contributed by atoms with van der Waals surface area (Å²) in [4.78, 5) is 19.9. The Bertz CT molecular complexity index is 667. The summed E-state index contributed by atoms with van der Waals surface area (Å²) < 4.78 is 5.92. The molecule has 2 heterocycles. The Kier molecular flexibility index (Phi) is 4.83. The van der Waals surface area contributed by atoms with Gasteiger partial charge >= 0.3 is 0 Å². The SMILES string of the molecule is CC(=O)Nc1ccc(Oc2nccnc2C2CCNCC2)cc1. The van der Waals surface area contributed by atoms with Gasteiger partial charge in [-0.1, -0.05) is 0 Å². The molecular weight excluding hydrogens is 292 g/mol. The zero-order valence-corrected chi connectivity index (χ0v) is 13.1. The van der Waals surface area contributed by atoms with E-state index in [1.54, 1.807) is 24.5 Å². The van der Waals surface area contributed by atoms with E-state index in [2.05, 4.69) is 20.6 Å². The molecule has 0 spiro atoms. The molecular formula is C17H20N4O2. The fourth-order valence-corrected chi connectivity index (χ4v) is 2.71. The zero-order valence-electron chi connectivity index (χ0n) is 13.1. The van der Waals surface area contributed by atoms with Crippen molar-refractivity contribution in [1.82, 2.24) is 15.3 Å². The quantitative estimate of drug-likeness (QED) is 0.908. The number of amides is 1. The predicted octanol–water partition coefficient (Wildman–Crippen LogP) is 2.69. The molecule has 2 aromatic rings. The van der Waals surface area contributed by atoms with E-state index >= 15 is 0 Å². The highest BCUT2D eigenvalue weighted by atomic mass is 16.5. The van der Waals surface area contributed by atoms with Gasteiger partial charge in [0.05, 0.1) is 0 Å². The molecule has 0 unspecified atom stereocenters. The van der Waals surface area contributed by atoms with Crippen LogP contribution in [0.3, 0.4) is 0 Å². The van der Waals surface area contributed by atoms with Crippen molar-refractivity contribution in [2.75, 3.05) is 18.4 Å². The molecule has 0 aliphatic carbocycles. The molecule has 0 bridgehead atoms. The maximum atomic E-state index is 11.0. The molecule has 1 aliphatic rings. The molecule has 120 valence electrons. The van der Waals surface area contributed by atoms with Gasteiger partial charge in [0.15, 0.2) is 0 Å². The molecule has 1 aliphatic heterocycles. The van der Waals surface area contributed by atoms with Crippen molar-refractivity contribution in [3.63, 3.8) is 0 Å². The van der Waals surface area contributed by atoms with Crippen molar-refractivity contribution >= 4 is 11.6 Å². The molecule has 23 heavy (non-hydrogen) atoms. The van der Waals surface area contributed by atoms with E-state index < -0.39 is 0 Å². The molecule has 0 atom stereocenters. The van der Waals surface area contributed by atoms with E-state index in [0.29, 0.717) is 17.5 Å². The Labute approximate surface area is 135 Å². The van der Waals surface area contributed by atoms with Crippen LogP contribution in [0.1, 0.15) is 31.4 Å². The molecule has 2 N–H and O–H groups in total. The summed E-state index contributed by atoms with van der Waals surface area (Å²) in [7, 11) is 0. The number of benzene rings is 1. The van der Waals surface area contributed by atoms with Crippen LogP contribution in [-0.2, 0) is 4.79 Å².